The van der Waals surface area contributed by atoms with Gasteiger partial charge in [-0.1, -0.05) is 69.4 Å². The average molecular weight is 272 g/mol. The van der Waals surface area contributed by atoms with E-state index in [9.17, 15) is 5.11 Å². The van der Waals surface area contributed by atoms with Crippen LogP contribution in [0.2, 0.25) is 0 Å². The molecule has 2 N–H and O–H groups in total. The lowest BCUT2D eigenvalue weighted by Gasteiger charge is -2.11. The number of hydrogen-bond acceptors (Lipinski definition) is 2. The summed E-state index contributed by atoms with van der Waals surface area (Å²) in [5.74, 6) is 0. The zero-order chi connectivity index (χ0) is 14.2. The van der Waals surface area contributed by atoms with Crippen molar-refractivity contribution in [2.45, 2.75) is 51.6 Å². The Balaban J connectivity index is 1.94. The number of aromatic amines is 1. The lowest BCUT2D eigenvalue weighted by atomic mass is 10.00. The average Bonchev–Trinajstić information content (AvgIpc) is 2.97. The van der Waals surface area contributed by atoms with Gasteiger partial charge < -0.3 is 5.11 Å². The van der Waals surface area contributed by atoms with Gasteiger partial charge in [0.1, 0.15) is 0 Å². The second-order valence-electron chi connectivity index (χ2n) is 5.29. The fourth-order valence-electron chi connectivity index (χ4n) is 2.48. The maximum absolute atomic E-state index is 10.3. The van der Waals surface area contributed by atoms with Gasteiger partial charge >= 0.3 is 0 Å². The number of aromatic nitrogens is 2. The Labute approximate surface area is 121 Å². The number of nitrogens with zero attached hydrogens (tertiary/aromatic N) is 1. The van der Waals surface area contributed by atoms with E-state index in [-0.39, 0.29) is 0 Å². The molecule has 0 saturated heterocycles. The van der Waals surface area contributed by atoms with E-state index in [1.54, 1.807) is 6.20 Å². The number of benzene rings is 1. The van der Waals surface area contributed by atoms with Crippen molar-refractivity contribution in [2.75, 3.05) is 0 Å². The largest absolute Gasteiger partial charge is 0.388 e. The highest BCUT2D eigenvalue weighted by molar-refractivity contribution is 5.62. The number of unbranched alkanes of at least 4 members (excludes halogenated alkanes) is 4. The van der Waals surface area contributed by atoms with E-state index >= 15 is 0 Å². The van der Waals surface area contributed by atoms with Gasteiger partial charge in [-0.15, -0.1) is 0 Å². The molecular formula is C17H24N2O. The second kappa shape index (κ2) is 7.85. The summed E-state index contributed by atoms with van der Waals surface area (Å²) in [5, 5.41) is 17.4. The number of aliphatic hydroxyl groups is 1. The summed E-state index contributed by atoms with van der Waals surface area (Å²) in [6, 6.07) is 10.0. The predicted molar refractivity (Wildman–Crippen MR) is 82.4 cm³/mol. The fourth-order valence-corrected chi connectivity index (χ4v) is 2.48. The fraction of sp³-hybridized carbons (Fsp3) is 0.471. The van der Waals surface area contributed by atoms with Crippen LogP contribution in [0, 0.1) is 0 Å². The summed E-state index contributed by atoms with van der Waals surface area (Å²) in [5.41, 5.74) is 2.92. The lowest BCUT2D eigenvalue weighted by Crippen LogP contribution is -1.98. The van der Waals surface area contributed by atoms with E-state index in [0.29, 0.717) is 0 Å². The van der Waals surface area contributed by atoms with Gasteiger partial charge in [-0.05, 0) is 12.0 Å². The van der Waals surface area contributed by atoms with Gasteiger partial charge in [-0.25, -0.2) is 0 Å². The predicted octanol–water partition coefficient (Wildman–Crippen LogP) is 4.47. The molecule has 3 nitrogen and oxygen atoms in total. The zero-order valence-corrected chi connectivity index (χ0v) is 12.2. The molecule has 1 aromatic heterocycles. The van der Waals surface area contributed by atoms with Gasteiger partial charge in [-0.3, -0.25) is 5.10 Å². The Morgan fingerprint density at radius 2 is 1.85 bits per heavy atom. The Bertz CT molecular complexity index is 493. The first kappa shape index (κ1) is 14.8. The van der Waals surface area contributed by atoms with E-state index in [2.05, 4.69) is 17.1 Å². The summed E-state index contributed by atoms with van der Waals surface area (Å²) in [6.45, 7) is 2.21. The molecule has 20 heavy (non-hydrogen) atoms. The van der Waals surface area contributed by atoms with Crippen molar-refractivity contribution < 1.29 is 5.11 Å². The number of nitrogens with one attached hydrogen (secondary N) is 1. The first-order chi connectivity index (χ1) is 9.83. The number of aliphatic hydroxyl groups excluding tert-OH is 1. The van der Waals surface area contributed by atoms with Crippen LogP contribution >= 0.6 is 0 Å². The standard InChI is InChI=1S/C17H24N2O/c1-2-3-4-5-9-12-16(20)15-13-18-19-17(15)14-10-7-6-8-11-14/h6-8,10-11,13,16,20H,2-5,9,12H2,1H3,(H,18,19). The minimum absolute atomic E-state index is 0.425. The maximum Gasteiger partial charge on any atom is 0.0826 e. The van der Waals surface area contributed by atoms with E-state index < -0.39 is 6.10 Å². The van der Waals surface area contributed by atoms with Crippen molar-refractivity contribution in [2.24, 2.45) is 0 Å². The summed E-state index contributed by atoms with van der Waals surface area (Å²) < 4.78 is 0. The van der Waals surface area contributed by atoms with Gasteiger partial charge in [0, 0.05) is 5.56 Å². The molecule has 108 valence electrons. The van der Waals surface area contributed by atoms with Crippen LogP contribution in [-0.2, 0) is 0 Å². The summed E-state index contributed by atoms with van der Waals surface area (Å²) >= 11 is 0. The molecule has 2 rings (SSSR count). The molecule has 1 unspecified atom stereocenters. The number of rotatable bonds is 8. The van der Waals surface area contributed by atoms with Crippen molar-refractivity contribution in [3.63, 3.8) is 0 Å². The van der Waals surface area contributed by atoms with Crippen LogP contribution in [0.1, 0.15) is 57.1 Å². The van der Waals surface area contributed by atoms with E-state index in [1.807, 2.05) is 30.3 Å². The highest BCUT2D eigenvalue weighted by atomic mass is 16.3. The molecule has 0 bridgehead atoms. The van der Waals surface area contributed by atoms with Crippen molar-refractivity contribution in [1.29, 1.82) is 0 Å². The van der Waals surface area contributed by atoms with E-state index in [0.717, 1.165) is 29.7 Å². The van der Waals surface area contributed by atoms with Crippen LogP contribution in [0.3, 0.4) is 0 Å². The third-order valence-corrected chi connectivity index (χ3v) is 3.67. The summed E-state index contributed by atoms with van der Waals surface area (Å²) in [7, 11) is 0. The van der Waals surface area contributed by atoms with Crippen molar-refractivity contribution in [3.8, 4) is 11.3 Å². The topological polar surface area (TPSA) is 48.9 Å². The van der Waals surface area contributed by atoms with Crippen LogP contribution in [-0.4, -0.2) is 15.3 Å². The van der Waals surface area contributed by atoms with E-state index in [4.69, 9.17) is 0 Å². The maximum atomic E-state index is 10.3. The normalized spacial score (nSPS) is 12.5. The molecule has 1 heterocycles. The highest BCUT2D eigenvalue weighted by Gasteiger charge is 2.15. The lowest BCUT2D eigenvalue weighted by molar-refractivity contribution is 0.164. The summed E-state index contributed by atoms with van der Waals surface area (Å²) in [6.07, 6.45) is 8.21. The van der Waals surface area contributed by atoms with Crippen LogP contribution < -0.4 is 0 Å². The monoisotopic (exact) mass is 272 g/mol. The molecule has 0 aliphatic rings. The molecule has 2 aromatic rings. The zero-order valence-electron chi connectivity index (χ0n) is 12.2. The molecule has 0 fully saturated rings. The van der Waals surface area contributed by atoms with Gasteiger partial charge in [0.25, 0.3) is 0 Å². The quantitative estimate of drug-likeness (QED) is 0.696. The summed E-state index contributed by atoms with van der Waals surface area (Å²) in [4.78, 5) is 0. The van der Waals surface area contributed by atoms with Gasteiger partial charge in [-0.2, -0.15) is 5.10 Å². The third-order valence-electron chi connectivity index (χ3n) is 3.67. The van der Waals surface area contributed by atoms with E-state index in [1.165, 1.54) is 25.7 Å². The van der Waals surface area contributed by atoms with Crippen LogP contribution in [0.25, 0.3) is 11.3 Å². The van der Waals surface area contributed by atoms with Crippen LogP contribution in [0.15, 0.2) is 36.5 Å². The van der Waals surface area contributed by atoms with Gasteiger partial charge in [0.15, 0.2) is 0 Å². The van der Waals surface area contributed by atoms with Gasteiger partial charge in [0.2, 0.25) is 0 Å². The molecule has 0 saturated carbocycles. The first-order valence-electron chi connectivity index (χ1n) is 7.59. The van der Waals surface area contributed by atoms with Gasteiger partial charge in [0.05, 0.1) is 18.0 Å². The molecule has 0 radical (unpaired) electrons. The molecule has 3 heteroatoms. The molecule has 1 atom stereocenters. The first-order valence-corrected chi connectivity index (χ1v) is 7.59. The van der Waals surface area contributed by atoms with Crippen molar-refractivity contribution in [1.82, 2.24) is 10.2 Å². The van der Waals surface area contributed by atoms with Crippen molar-refractivity contribution >= 4 is 0 Å². The second-order valence-corrected chi connectivity index (χ2v) is 5.29. The highest BCUT2D eigenvalue weighted by Crippen LogP contribution is 2.28. The molecular weight excluding hydrogens is 248 g/mol. The smallest absolute Gasteiger partial charge is 0.0826 e. The molecule has 1 aromatic carbocycles. The Hall–Kier alpha value is -1.61. The third kappa shape index (κ3) is 3.94. The minimum Gasteiger partial charge on any atom is -0.388 e. The van der Waals surface area contributed by atoms with Crippen molar-refractivity contribution in [3.05, 3.63) is 42.1 Å². The molecule has 0 amide bonds. The van der Waals surface area contributed by atoms with Crippen LogP contribution in [0.5, 0.6) is 0 Å². The SMILES string of the molecule is CCCCCCCC(O)c1cn[nH]c1-c1ccccc1. The number of H-pyrrole nitrogens is 1. The van der Waals surface area contributed by atoms with Crippen LogP contribution in [0.4, 0.5) is 0 Å². The minimum atomic E-state index is -0.425. The Morgan fingerprint density at radius 3 is 2.60 bits per heavy atom. The molecule has 0 aliphatic heterocycles. The Kier molecular flexibility index (Phi) is 5.81. The Morgan fingerprint density at radius 1 is 1.10 bits per heavy atom. The molecule has 0 spiro atoms. The number of hydrogen-bond donors (Lipinski definition) is 2. The molecule has 0 aliphatic carbocycles.